The number of rotatable bonds is 5. The lowest BCUT2D eigenvalue weighted by Gasteiger charge is -2.11. The molecule has 0 amide bonds. The molecule has 0 aliphatic heterocycles. The van der Waals surface area contributed by atoms with Crippen LogP contribution < -0.4 is 0 Å². The first-order chi connectivity index (χ1) is 9.11. The van der Waals surface area contributed by atoms with Crippen LogP contribution in [-0.4, -0.2) is 19.7 Å². The number of hydrogen-bond acceptors (Lipinski definition) is 4. The Morgan fingerprint density at radius 3 is 2.95 bits per heavy atom. The fraction of sp³-hybridized carbons (Fsp3) is 0.385. The van der Waals surface area contributed by atoms with Crippen molar-refractivity contribution in [2.75, 3.05) is 0 Å². The lowest BCUT2D eigenvalue weighted by molar-refractivity contribution is -0.384. The summed E-state index contributed by atoms with van der Waals surface area (Å²) in [5.74, 6) is 1.07. The van der Waals surface area contributed by atoms with Crippen molar-refractivity contribution < 1.29 is 4.92 Å². The van der Waals surface area contributed by atoms with Crippen LogP contribution in [0.5, 0.6) is 0 Å². The van der Waals surface area contributed by atoms with Gasteiger partial charge in [-0.25, -0.2) is 0 Å². The molecule has 1 aromatic heterocycles. The van der Waals surface area contributed by atoms with E-state index >= 15 is 0 Å². The smallest absolute Gasteiger partial charge is 0.269 e. The van der Waals surface area contributed by atoms with Crippen LogP contribution in [0.3, 0.4) is 0 Å². The molecular weight excluding hydrogens is 244 g/mol. The van der Waals surface area contributed by atoms with Crippen LogP contribution in [0.25, 0.3) is 0 Å². The Morgan fingerprint density at radius 1 is 1.47 bits per heavy atom. The van der Waals surface area contributed by atoms with E-state index in [-0.39, 0.29) is 16.5 Å². The molecule has 0 fully saturated rings. The van der Waals surface area contributed by atoms with E-state index in [4.69, 9.17) is 0 Å². The van der Waals surface area contributed by atoms with E-state index in [0.717, 1.165) is 24.4 Å². The first-order valence-corrected chi connectivity index (χ1v) is 6.22. The number of benzene rings is 1. The molecule has 0 bridgehead atoms. The molecule has 1 atom stereocenters. The highest BCUT2D eigenvalue weighted by atomic mass is 16.6. The molecule has 0 N–H and O–H groups in total. The van der Waals surface area contributed by atoms with Gasteiger partial charge in [-0.3, -0.25) is 10.1 Å². The van der Waals surface area contributed by atoms with Gasteiger partial charge in [0.1, 0.15) is 12.2 Å². The van der Waals surface area contributed by atoms with Gasteiger partial charge in [0.2, 0.25) is 0 Å². The Morgan fingerprint density at radius 2 is 2.26 bits per heavy atom. The summed E-state index contributed by atoms with van der Waals surface area (Å²) in [6.45, 7) is 4.89. The van der Waals surface area contributed by atoms with Crippen LogP contribution in [0.15, 0.2) is 30.6 Å². The topological polar surface area (TPSA) is 73.8 Å². The summed E-state index contributed by atoms with van der Waals surface area (Å²) >= 11 is 0. The van der Waals surface area contributed by atoms with Gasteiger partial charge in [-0.1, -0.05) is 19.1 Å². The molecule has 0 radical (unpaired) electrons. The highest BCUT2D eigenvalue weighted by Crippen LogP contribution is 2.23. The standard InChI is InChI=1S/C13H16N4O2/c1-3-16-9-14-15-13(16)7-10(2)11-5-4-6-12(8-11)17(18)19/h4-6,8-10H,3,7H2,1-2H3/t10-/m1/s1. The van der Waals surface area contributed by atoms with Crippen molar-refractivity contribution in [2.24, 2.45) is 0 Å². The highest BCUT2D eigenvalue weighted by Gasteiger charge is 2.14. The zero-order valence-electron chi connectivity index (χ0n) is 11.0. The van der Waals surface area contributed by atoms with Gasteiger partial charge in [0.25, 0.3) is 5.69 Å². The second kappa shape index (κ2) is 5.60. The summed E-state index contributed by atoms with van der Waals surface area (Å²) < 4.78 is 1.98. The minimum absolute atomic E-state index is 0.126. The fourth-order valence-corrected chi connectivity index (χ4v) is 2.04. The molecule has 0 saturated heterocycles. The lowest BCUT2D eigenvalue weighted by Crippen LogP contribution is -2.06. The molecular formula is C13H16N4O2. The molecule has 1 aromatic carbocycles. The van der Waals surface area contributed by atoms with Crippen molar-refractivity contribution in [2.45, 2.75) is 32.7 Å². The van der Waals surface area contributed by atoms with Crippen molar-refractivity contribution in [1.29, 1.82) is 0 Å². The number of non-ortho nitro benzene ring substituents is 1. The molecule has 0 aliphatic rings. The largest absolute Gasteiger partial charge is 0.318 e. The van der Waals surface area contributed by atoms with E-state index < -0.39 is 0 Å². The second-order valence-corrected chi connectivity index (χ2v) is 4.49. The van der Waals surface area contributed by atoms with Crippen molar-refractivity contribution in [1.82, 2.24) is 14.8 Å². The van der Waals surface area contributed by atoms with Gasteiger partial charge in [0.15, 0.2) is 0 Å². The number of nitrogens with zero attached hydrogens (tertiary/aromatic N) is 4. The Balaban J connectivity index is 2.18. The number of nitro benzene ring substituents is 1. The van der Waals surface area contributed by atoms with Gasteiger partial charge in [-0.05, 0) is 18.4 Å². The minimum Gasteiger partial charge on any atom is -0.318 e. The van der Waals surface area contributed by atoms with Crippen molar-refractivity contribution in [3.8, 4) is 0 Å². The van der Waals surface area contributed by atoms with E-state index in [2.05, 4.69) is 10.2 Å². The number of nitro groups is 1. The zero-order chi connectivity index (χ0) is 13.8. The third kappa shape index (κ3) is 2.96. The SMILES string of the molecule is CCn1cnnc1C[C@@H](C)c1cccc([N+](=O)[O-])c1. The normalized spacial score (nSPS) is 12.3. The first kappa shape index (κ1) is 13.2. The predicted octanol–water partition coefficient (Wildman–Crippen LogP) is 2.55. The summed E-state index contributed by atoms with van der Waals surface area (Å²) in [7, 11) is 0. The average molecular weight is 260 g/mol. The fourth-order valence-electron chi connectivity index (χ4n) is 2.04. The zero-order valence-corrected chi connectivity index (χ0v) is 11.0. The maximum Gasteiger partial charge on any atom is 0.269 e. The molecule has 6 heteroatoms. The molecule has 0 unspecified atom stereocenters. The Kier molecular flexibility index (Phi) is 3.89. The van der Waals surface area contributed by atoms with E-state index in [9.17, 15) is 10.1 Å². The minimum atomic E-state index is -0.370. The van der Waals surface area contributed by atoms with E-state index in [1.807, 2.05) is 24.5 Å². The van der Waals surface area contributed by atoms with Crippen LogP contribution in [0, 0.1) is 10.1 Å². The van der Waals surface area contributed by atoms with Gasteiger partial charge in [-0.2, -0.15) is 0 Å². The monoisotopic (exact) mass is 260 g/mol. The number of hydrogen-bond donors (Lipinski definition) is 0. The molecule has 0 aliphatic carbocycles. The summed E-state index contributed by atoms with van der Waals surface area (Å²) in [6, 6.07) is 6.75. The van der Waals surface area contributed by atoms with Gasteiger partial charge < -0.3 is 4.57 Å². The summed E-state index contributed by atoms with van der Waals surface area (Å²) in [4.78, 5) is 10.4. The van der Waals surface area contributed by atoms with Gasteiger partial charge in [0.05, 0.1) is 4.92 Å². The third-order valence-corrected chi connectivity index (χ3v) is 3.18. The highest BCUT2D eigenvalue weighted by molar-refractivity contribution is 5.36. The summed E-state index contributed by atoms with van der Waals surface area (Å²) in [5, 5.41) is 18.8. The summed E-state index contributed by atoms with van der Waals surface area (Å²) in [5.41, 5.74) is 1.07. The van der Waals surface area contributed by atoms with Crippen molar-refractivity contribution in [3.05, 3.63) is 52.1 Å². The number of aromatic nitrogens is 3. The van der Waals surface area contributed by atoms with Gasteiger partial charge in [0, 0.05) is 25.1 Å². The lowest BCUT2D eigenvalue weighted by atomic mass is 9.97. The molecule has 19 heavy (non-hydrogen) atoms. The first-order valence-electron chi connectivity index (χ1n) is 6.22. The molecule has 0 saturated carbocycles. The van der Waals surface area contributed by atoms with Gasteiger partial charge >= 0.3 is 0 Å². The van der Waals surface area contributed by atoms with Crippen LogP contribution >= 0.6 is 0 Å². The maximum absolute atomic E-state index is 10.8. The second-order valence-electron chi connectivity index (χ2n) is 4.49. The summed E-state index contributed by atoms with van der Waals surface area (Å²) in [6.07, 6.45) is 2.42. The molecule has 0 spiro atoms. The molecule has 100 valence electrons. The van der Waals surface area contributed by atoms with E-state index in [1.165, 1.54) is 6.07 Å². The average Bonchev–Trinajstić information content (AvgIpc) is 2.86. The molecule has 1 heterocycles. The van der Waals surface area contributed by atoms with Gasteiger partial charge in [-0.15, -0.1) is 10.2 Å². The van der Waals surface area contributed by atoms with E-state index in [1.54, 1.807) is 18.5 Å². The van der Waals surface area contributed by atoms with Crippen molar-refractivity contribution in [3.63, 3.8) is 0 Å². The Bertz CT molecular complexity index is 580. The third-order valence-electron chi connectivity index (χ3n) is 3.18. The number of aryl methyl sites for hydroxylation is 1. The molecule has 2 aromatic rings. The Hall–Kier alpha value is -2.24. The van der Waals surface area contributed by atoms with Crippen LogP contribution in [0.2, 0.25) is 0 Å². The van der Waals surface area contributed by atoms with Crippen LogP contribution in [0.4, 0.5) is 5.69 Å². The van der Waals surface area contributed by atoms with Crippen LogP contribution in [0.1, 0.15) is 31.2 Å². The molecule has 2 rings (SSSR count). The quantitative estimate of drug-likeness (QED) is 0.611. The maximum atomic E-state index is 10.8. The Labute approximate surface area is 111 Å². The predicted molar refractivity (Wildman–Crippen MR) is 70.9 cm³/mol. The van der Waals surface area contributed by atoms with Crippen LogP contribution in [-0.2, 0) is 13.0 Å². The van der Waals surface area contributed by atoms with Crippen molar-refractivity contribution >= 4 is 5.69 Å². The van der Waals surface area contributed by atoms with E-state index in [0.29, 0.717) is 0 Å². The molecule has 6 nitrogen and oxygen atoms in total.